The first-order chi connectivity index (χ1) is 15.1. The molecule has 0 saturated heterocycles. The second-order valence-electron chi connectivity index (χ2n) is 8.29. The molecule has 1 heterocycles. The van der Waals surface area contributed by atoms with E-state index >= 15 is 0 Å². The molecular weight excluding hydrogens is 386 g/mol. The maximum atomic E-state index is 11.1. The first-order valence-electron chi connectivity index (χ1n) is 10.9. The summed E-state index contributed by atoms with van der Waals surface area (Å²) < 4.78 is 10.9. The monoisotopic (exact) mass is 417 g/mol. The van der Waals surface area contributed by atoms with E-state index in [1.54, 1.807) is 14.2 Å². The molecule has 0 radical (unpaired) electrons. The Labute approximate surface area is 185 Å². The Hall–Kier alpha value is -2.98. The van der Waals surface area contributed by atoms with Crippen LogP contribution in [0.15, 0.2) is 60.7 Å². The Morgan fingerprint density at radius 1 is 0.968 bits per heavy atom. The van der Waals surface area contributed by atoms with E-state index in [-0.39, 0.29) is 5.75 Å². The van der Waals surface area contributed by atoms with Crippen molar-refractivity contribution in [2.45, 2.75) is 31.7 Å². The quantitative estimate of drug-likeness (QED) is 0.627. The van der Waals surface area contributed by atoms with Crippen molar-refractivity contribution in [2.24, 2.45) is 0 Å². The van der Waals surface area contributed by atoms with Gasteiger partial charge in [0.05, 0.1) is 14.2 Å². The number of fused-ring (bicyclic) bond motifs is 3. The minimum absolute atomic E-state index is 0.209. The summed E-state index contributed by atoms with van der Waals surface area (Å²) in [4.78, 5) is 2.47. The number of nitrogens with zero attached hydrogens (tertiary/aromatic N) is 1. The van der Waals surface area contributed by atoms with Crippen molar-refractivity contribution in [1.82, 2.24) is 4.90 Å². The van der Waals surface area contributed by atoms with Crippen LogP contribution in [0.25, 0.3) is 11.1 Å². The van der Waals surface area contributed by atoms with Gasteiger partial charge in [-0.1, -0.05) is 42.5 Å². The third kappa shape index (κ3) is 4.54. The number of aromatic hydroxyl groups is 1. The highest BCUT2D eigenvalue weighted by Crippen LogP contribution is 2.43. The van der Waals surface area contributed by atoms with E-state index < -0.39 is 0 Å². The molecule has 0 fully saturated rings. The Morgan fingerprint density at radius 3 is 2.48 bits per heavy atom. The molecule has 1 atom stereocenters. The molecule has 0 aliphatic carbocycles. The van der Waals surface area contributed by atoms with Gasteiger partial charge in [-0.2, -0.15) is 0 Å². The fourth-order valence-corrected chi connectivity index (χ4v) is 4.57. The van der Waals surface area contributed by atoms with Gasteiger partial charge in [-0.05, 0) is 73.2 Å². The number of aryl methyl sites for hydroxylation is 1. The number of ether oxygens (including phenoxy) is 2. The number of phenols is 1. The molecule has 0 unspecified atom stereocenters. The van der Waals surface area contributed by atoms with Gasteiger partial charge in [-0.3, -0.25) is 0 Å². The number of phenolic OH excluding ortho intramolecular Hbond substituents is 1. The predicted molar refractivity (Wildman–Crippen MR) is 125 cm³/mol. The second-order valence-corrected chi connectivity index (χ2v) is 8.29. The number of benzene rings is 3. The zero-order valence-corrected chi connectivity index (χ0v) is 18.6. The number of likely N-dealkylation sites (N-methyl/N-ethyl adjacent to an activating group) is 1. The van der Waals surface area contributed by atoms with Crippen LogP contribution in [0.3, 0.4) is 0 Å². The van der Waals surface area contributed by atoms with Gasteiger partial charge in [0, 0.05) is 18.2 Å². The minimum atomic E-state index is 0.209. The van der Waals surface area contributed by atoms with E-state index in [2.05, 4.69) is 54.4 Å². The number of rotatable bonds is 5. The lowest BCUT2D eigenvalue weighted by Crippen LogP contribution is -2.35. The molecular formula is C27H31NO3. The maximum Gasteiger partial charge on any atom is 0.165 e. The lowest BCUT2D eigenvalue weighted by Gasteiger charge is -2.28. The molecule has 0 spiro atoms. The van der Waals surface area contributed by atoms with Gasteiger partial charge in [0.15, 0.2) is 11.5 Å². The predicted octanol–water partition coefficient (Wildman–Crippen LogP) is 5.11. The summed E-state index contributed by atoms with van der Waals surface area (Å²) in [6, 6.07) is 21.2. The first-order valence-corrected chi connectivity index (χ1v) is 10.9. The molecule has 1 aliphatic heterocycles. The van der Waals surface area contributed by atoms with E-state index in [1.807, 2.05) is 18.2 Å². The number of hydrogen-bond donors (Lipinski definition) is 1. The number of hydrogen-bond acceptors (Lipinski definition) is 4. The Morgan fingerprint density at radius 2 is 1.74 bits per heavy atom. The van der Waals surface area contributed by atoms with Gasteiger partial charge in [-0.25, -0.2) is 0 Å². The van der Waals surface area contributed by atoms with Gasteiger partial charge in [-0.15, -0.1) is 0 Å². The second kappa shape index (κ2) is 9.44. The molecule has 0 amide bonds. The topological polar surface area (TPSA) is 41.9 Å². The molecule has 4 nitrogen and oxygen atoms in total. The summed E-state index contributed by atoms with van der Waals surface area (Å²) in [5.41, 5.74) is 5.61. The van der Waals surface area contributed by atoms with Gasteiger partial charge in [0.25, 0.3) is 0 Å². The van der Waals surface area contributed by atoms with Gasteiger partial charge in [0.2, 0.25) is 0 Å². The van der Waals surface area contributed by atoms with E-state index in [4.69, 9.17) is 9.47 Å². The van der Waals surface area contributed by atoms with Gasteiger partial charge in [0.1, 0.15) is 5.75 Å². The summed E-state index contributed by atoms with van der Waals surface area (Å²) >= 11 is 0. The SMILES string of the molecule is COc1ccc2c(c1)-c1c(ccc(OC)c1O)C[C@@H](CCc1ccccc1)N(C)CC2. The van der Waals surface area contributed by atoms with E-state index in [0.29, 0.717) is 11.8 Å². The summed E-state index contributed by atoms with van der Waals surface area (Å²) in [5, 5.41) is 11.1. The van der Waals surface area contributed by atoms with Crippen LogP contribution >= 0.6 is 0 Å². The zero-order chi connectivity index (χ0) is 21.8. The highest BCUT2D eigenvalue weighted by Gasteiger charge is 2.25. The van der Waals surface area contributed by atoms with Crippen LogP contribution in [0.2, 0.25) is 0 Å². The molecule has 0 bridgehead atoms. The van der Waals surface area contributed by atoms with Crippen molar-refractivity contribution < 1.29 is 14.6 Å². The van der Waals surface area contributed by atoms with Gasteiger partial charge < -0.3 is 19.5 Å². The van der Waals surface area contributed by atoms with Crippen LogP contribution in [0.4, 0.5) is 0 Å². The number of methoxy groups -OCH3 is 2. The third-order valence-corrected chi connectivity index (χ3v) is 6.46. The van der Waals surface area contributed by atoms with E-state index in [1.165, 1.54) is 11.1 Å². The molecule has 0 saturated carbocycles. The molecule has 31 heavy (non-hydrogen) atoms. The van der Waals surface area contributed by atoms with Crippen molar-refractivity contribution >= 4 is 0 Å². The normalized spacial score (nSPS) is 16.4. The maximum absolute atomic E-state index is 11.1. The van der Waals surface area contributed by atoms with Crippen LogP contribution in [0.5, 0.6) is 17.2 Å². The van der Waals surface area contributed by atoms with Crippen molar-refractivity contribution in [1.29, 1.82) is 0 Å². The van der Waals surface area contributed by atoms with E-state index in [0.717, 1.165) is 54.7 Å². The minimum Gasteiger partial charge on any atom is -0.504 e. The molecule has 162 valence electrons. The Kier molecular flexibility index (Phi) is 6.47. The smallest absolute Gasteiger partial charge is 0.165 e. The standard InChI is InChI=1S/C27H31NO3/c1-28-16-15-20-10-13-23(30-2)18-24(20)26-21(11-14-25(31-3)27(26)29)17-22(28)12-9-19-7-5-4-6-8-19/h4-8,10-11,13-14,18,22,29H,9,12,15-17H2,1-3H3/t22-/m1/s1. The molecule has 4 rings (SSSR count). The van der Waals surface area contributed by atoms with Crippen molar-refractivity contribution in [3.8, 4) is 28.4 Å². The van der Waals surface area contributed by atoms with Gasteiger partial charge >= 0.3 is 0 Å². The Balaban J connectivity index is 1.76. The summed E-state index contributed by atoms with van der Waals surface area (Å²) in [7, 11) is 5.49. The van der Waals surface area contributed by atoms with Crippen LogP contribution in [-0.4, -0.2) is 43.9 Å². The molecule has 4 heteroatoms. The van der Waals surface area contributed by atoms with Crippen LogP contribution in [-0.2, 0) is 19.3 Å². The summed E-state index contributed by atoms with van der Waals surface area (Å²) in [6.45, 7) is 0.963. The first kappa shape index (κ1) is 21.3. The highest BCUT2D eigenvalue weighted by molar-refractivity contribution is 5.80. The van der Waals surface area contributed by atoms with Crippen LogP contribution in [0, 0.1) is 0 Å². The average molecular weight is 418 g/mol. The van der Waals surface area contributed by atoms with Crippen molar-refractivity contribution in [2.75, 3.05) is 27.8 Å². The fraction of sp³-hybridized carbons (Fsp3) is 0.333. The Bertz CT molecular complexity index is 1030. The van der Waals surface area contributed by atoms with Crippen molar-refractivity contribution in [3.05, 3.63) is 77.4 Å². The zero-order valence-electron chi connectivity index (χ0n) is 18.6. The lowest BCUT2D eigenvalue weighted by molar-refractivity contribution is 0.232. The molecule has 1 aliphatic rings. The summed E-state index contributed by atoms with van der Waals surface area (Å²) in [5.74, 6) is 1.50. The largest absolute Gasteiger partial charge is 0.504 e. The molecule has 3 aromatic rings. The molecule has 0 aromatic heterocycles. The summed E-state index contributed by atoms with van der Waals surface area (Å²) in [6.07, 6.45) is 3.88. The lowest BCUT2D eigenvalue weighted by atomic mass is 9.89. The third-order valence-electron chi connectivity index (χ3n) is 6.46. The molecule has 1 N–H and O–H groups in total. The highest BCUT2D eigenvalue weighted by atomic mass is 16.5. The van der Waals surface area contributed by atoms with Crippen LogP contribution < -0.4 is 9.47 Å². The van der Waals surface area contributed by atoms with E-state index in [9.17, 15) is 5.11 Å². The van der Waals surface area contributed by atoms with Crippen LogP contribution in [0.1, 0.15) is 23.1 Å². The average Bonchev–Trinajstić information content (AvgIpc) is 2.86. The fourth-order valence-electron chi connectivity index (χ4n) is 4.57. The van der Waals surface area contributed by atoms with Crippen molar-refractivity contribution in [3.63, 3.8) is 0 Å². The molecule has 3 aromatic carbocycles.